The number of benzene rings is 2. The first kappa shape index (κ1) is 20.1. The third-order valence-electron chi connectivity index (χ3n) is 6.04. The summed E-state index contributed by atoms with van der Waals surface area (Å²) >= 11 is 0. The van der Waals surface area contributed by atoms with Crippen molar-refractivity contribution in [1.29, 1.82) is 0 Å². The van der Waals surface area contributed by atoms with Gasteiger partial charge >= 0.3 is 0 Å². The minimum absolute atomic E-state index is 0.0965. The van der Waals surface area contributed by atoms with Crippen LogP contribution in [0, 0.1) is 0 Å². The van der Waals surface area contributed by atoms with E-state index in [2.05, 4.69) is 15.4 Å². The molecule has 0 spiro atoms. The van der Waals surface area contributed by atoms with Crippen LogP contribution in [0.3, 0.4) is 0 Å². The van der Waals surface area contributed by atoms with Gasteiger partial charge in [0, 0.05) is 28.7 Å². The van der Waals surface area contributed by atoms with Gasteiger partial charge in [0.15, 0.2) is 0 Å². The summed E-state index contributed by atoms with van der Waals surface area (Å²) in [6.45, 7) is 0.180. The van der Waals surface area contributed by atoms with E-state index < -0.39 is 11.8 Å². The lowest BCUT2D eigenvalue weighted by Gasteiger charge is -2.03. The first-order valence-corrected chi connectivity index (χ1v) is 10.8. The van der Waals surface area contributed by atoms with Crippen LogP contribution in [0.2, 0.25) is 0 Å². The summed E-state index contributed by atoms with van der Waals surface area (Å²) in [4.78, 5) is 30.4. The lowest BCUT2D eigenvalue weighted by atomic mass is 9.97. The largest absolute Gasteiger partial charge is 0.394 e. The molecule has 0 fully saturated rings. The van der Waals surface area contributed by atoms with Gasteiger partial charge in [-0.2, -0.15) is 5.10 Å². The predicted molar refractivity (Wildman–Crippen MR) is 128 cm³/mol. The van der Waals surface area contributed by atoms with Gasteiger partial charge in [0.25, 0.3) is 11.8 Å². The number of rotatable bonds is 5. The Balaban J connectivity index is 1.66. The summed E-state index contributed by atoms with van der Waals surface area (Å²) < 4.78 is 3.62. The molecule has 0 unspecified atom stereocenters. The Morgan fingerprint density at radius 3 is 2.35 bits per heavy atom. The molecule has 0 saturated carbocycles. The lowest BCUT2D eigenvalue weighted by molar-refractivity contribution is -0.122. The van der Waals surface area contributed by atoms with Crippen molar-refractivity contribution in [2.24, 2.45) is 0 Å². The molecule has 0 radical (unpaired) electrons. The Morgan fingerprint density at radius 2 is 1.59 bits per heavy atom. The van der Waals surface area contributed by atoms with Crippen molar-refractivity contribution in [3.8, 4) is 5.69 Å². The zero-order valence-corrected chi connectivity index (χ0v) is 18.0. The van der Waals surface area contributed by atoms with E-state index in [0.29, 0.717) is 11.3 Å². The first-order chi connectivity index (χ1) is 16.7. The molecule has 6 rings (SSSR count). The van der Waals surface area contributed by atoms with Crippen molar-refractivity contribution in [2.75, 3.05) is 6.61 Å². The van der Waals surface area contributed by atoms with E-state index in [0.717, 1.165) is 27.5 Å². The molecule has 1 aliphatic heterocycles. The number of hydrogen-bond acceptors (Lipinski definition) is 5. The standard InChI is InChI=1S/C26H19N5O3/c32-13-12-31-21-10-4-2-8-18(21)24(29-31)23-22(25(33)28-26(23)34)19-15-30(16-6-5-11-27-14-16)20-9-3-1-7-17(19)20/h1-11,14-15,32H,12-13H2,(H,28,33,34). The molecule has 0 aliphatic carbocycles. The fraction of sp³-hybridized carbons (Fsp3) is 0.0769. The number of para-hydroxylation sites is 2. The molecule has 2 aromatic carbocycles. The lowest BCUT2D eigenvalue weighted by Crippen LogP contribution is -2.22. The number of nitrogens with one attached hydrogen (secondary N) is 1. The molecule has 0 saturated heterocycles. The Morgan fingerprint density at radius 1 is 0.853 bits per heavy atom. The molecule has 4 heterocycles. The smallest absolute Gasteiger partial charge is 0.261 e. The van der Waals surface area contributed by atoms with Gasteiger partial charge in [-0.1, -0.05) is 36.4 Å². The van der Waals surface area contributed by atoms with E-state index in [1.807, 2.05) is 71.4 Å². The number of amides is 2. The number of imide groups is 1. The van der Waals surface area contributed by atoms with Crippen molar-refractivity contribution >= 4 is 44.8 Å². The van der Waals surface area contributed by atoms with Crippen molar-refractivity contribution in [1.82, 2.24) is 24.6 Å². The van der Waals surface area contributed by atoms with Crippen LogP contribution in [0.25, 0.3) is 38.6 Å². The average Bonchev–Trinajstić information content (AvgIpc) is 3.51. The van der Waals surface area contributed by atoms with E-state index in [-0.39, 0.29) is 24.3 Å². The van der Waals surface area contributed by atoms with Gasteiger partial charge in [0.05, 0.1) is 47.2 Å². The maximum atomic E-state index is 13.1. The maximum Gasteiger partial charge on any atom is 0.261 e. The maximum absolute atomic E-state index is 13.1. The fourth-order valence-corrected chi connectivity index (χ4v) is 4.60. The molecule has 8 heteroatoms. The number of fused-ring (bicyclic) bond motifs is 2. The van der Waals surface area contributed by atoms with E-state index in [1.165, 1.54) is 0 Å². The summed E-state index contributed by atoms with van der Waals surface area (Å²) in [7, 11) is 0. The number of pyridine rings is 1. The highest BCUT2D eigenvalue weighted by molar-refractivity contribution is 6.50. The second-order valence-corrected chi connectivity index (χ2v) is 7.99. The van der Waals surface area contributed by atoms with Gasteiger partial charge in [0.1, 0.15) is 5.69 Å². The molecule has 34 heavy (non-hydrogen) atoms. The molecule has 2 N–H and O–H groups in total. The SMILES string of the molecule is O=C1NC(=O)C(c2nn(CCO)c3ccccc23)=C1c1cn(-c2cccnc2)c2ccccc12. The second-order valence-electron chi connectivity index (χ2n) is 7.99. The first-order valence-electron chi connectivity index (χ1n) is 10.8. The summed E-state index contributed by atoms with van der Waals surface area (Å²) in [6, 6.07) is 19.0. The third-order valence-corrected chi connectivity index (χ3v) is 6.04. The van der Waals surface area contributed by atoms with Crippen molar-refractivity contribution in [3.05, 3.63) is 90.5 Å². The quantitative estimate of drug-likeness (QED) is 0.402. The van der Waals surface area contributed by atoms with E-state index >= 15 is 0 Å². The van der Waals surface area contributed by atoms with E-state index in [9.17, 15) is 14.7 Å². The van der Waals surface area contributed by atoms with Crippen LogP contribution in [-0.2, 0) is 16.1 Å². The van der Waals surface area contributed by atoms with Gasteiger partial charge in [0.2, 0.25) is 0 Å². The van der Waals surface area contributed by atoms with Gasteiger partial charge < -0.3 is 9.67 Å². The normalized spacial score (nSPS) is 13.9. The number of carbonyl (C=O) groups is 2. The van der Waals surface area contributed by atoms with E-state index in [4.69, 9.17) is 0 Å². The Kier molecular flexibility index (Phi) is 4.60. The molecular weight excluding hydrogens is 430 g/mol. The molecule has 166 valence electrons. The number of aliphatic hydroxyl groups is 1. The Bertz CT molecular complexity index is 1630. The highest BCUT2D eigenvalue weighted by Crippen LogP contribution is 2.38. The molecular formula is C26H19N5O3. The van der Waals surface area contributed by atoms with Crippen LogP contribution in [-0.4, -0.2) is 42.9 Å². The second kappa shape index (κ2) is 7.79. The summed E-state index contributed by atoms with van der Waals surface area (Å²) in [5.41, 5.74) is 4.08. The van der Waals surface area contributed by atoms with Crippen LogP contribution in [0.5, 0.6) is 0 Å². The molecule has 1 aliphatic rings. The van der Waals surface area contributed by atoms with Crippen molar-refractivity contribution in [3.63, 3.8) is 0 Å². The van der Waals surface area contributed by atoms with E-state index in [1.54, 1.807) is 17.1 Å². The van der Waals surface area contributed by atoms with Gasteiger partial charge in [-0.25, -0.2) is 0 Å². The topological polar surface area (TPSA) is 102 Å². The summed E-state index contributed by atoms with van der Waals surface area (Å²) in [5, 5.41) is 18.2. The molecule has 5 aromatic rings. The van der Waals surface area contributed by atoms with Gasteiger partial charge in [-0.05, 0) is 24.3 Å². The van der Waals surface area contributed by atoms with Crippen molar-refractivity contribution < 1.29 is 14.7 Å². The summed E-state index contributed by atoms with van der Waals surface area (Å²) in [6.07, 6.45) is 5.31. The Hall–Kier alpha value is -4.56. The van der Waals surface area contributed by atoms with Crippen LogP contribution in [0.15, 0.2) is 79.3 Å². The number of hydrogen-bond donors (Lipinski definition) is 2. The fourth-order valence-electron chi connectivity index (χ4n) is 4.60. The predicted octanol–water partition coefficient (Wildman–Crippen LogP) is 2.93. The van der Waals surface area contributed by atoms with Crippen LogP contribution >= 0.6 is 0 Å². The number of nitrogens with zero attached hydrogens (tertiary/aromatic N) is 4. The number of aromatic nitrogens is 4. The highest BCUT2D eigenvalue weighted by atomic mass is 16.3. The highest BCUT2D eigenvalue weighted by Gasteiger charge is 2.36. The van der Waals surface area contributed by atoms with Crippen LogP contribution < -0.4 is 5.32 Å². The van der Waals surface area contributed by atoms with Crippen LogP contribution in [0.1, 0.15) is 11.3 Å². The van der Waals surface area contributed by atoms with Crippen LogP contribution in [0.4, 0.5) is 0 Å². The summed E-state index contributed by atoms with van der Waals surface area (Å²) in [5.74, 6) is -0.951. The van der Waals surface area contributed by atoms with Gasteiger partial charge in [-0.15, -0.1) is 0 Å². The average molecular weight is 449 g/mol. The van der Waals surface area contributed by atoms with Gasteiger partial charge in [-0.3, -0.25) is 24.6 Å². The number of carbonyl (C=O) groups excluding carboxylic acids is 2. The molecule has 8 nitrogen and oxygen atoms in total. The molecule has 0 atom stereocenters. The minimum Gasteiger partial charge on any atom is -0.394 e. The zero-order chi connectivity index (χ0) is 23.2. The monoisotopic (exact) mass is 449 g/mol. The Labute approximate surface area is 193 Å². The molecule has 3 aromatic heterocycles. The zero-order valence-electron chi connectivity index (χ0n) is 18.0. The molecule has 0 bridgehead atoms. The minimum atomic E-state index is -0.488. The third kappa shape index (κ3) is 2.96. The molecule has 2 amide bonds. The number of aliphatic hydroxyl groups excluding tert-OH is 1. The van der Waals surface area contributed by atoms with Crippen molar-refractivity contribution in [2.45, 2.75) is 6.54 Å².